The van der Waals surface area contributed by atoms with Gasteiger partial charge in [0.2, 0.25) is 5.78 Å². The minimum absolute atomic E-state index is 0.0294. The van der Waals surface area contributed by atoms with E-state index in [1.54, 1.807) is 37.3 Å². The first-order valence-electron chi connectivity index (χ1n) is 5.43. The van der Waals surface area contributed by atoms with Crippen molar-refractivity contribution in [1.82, 2.24) is 0 Å². The number of rotatable bonds is 6. The monoisotopic (exact) mass is 234 g/mol. The fourth-order valence-electron chi connectivity index (χ4n) is 1.31. The van der Waals surface area contributed by atoms with Gasteiger partial charge in [0.25, 0.3) is 0 Å². The van der Waals surface area contributed by atoms with Crippen molar-refractivity contribution in [3.8, 4) is 0 Å². The molecule has 0 aliphatic heterocycles. The van der Waals surface area contributed by atoms with Gasteiger partial charge in [-0.1, -0.05) is 30.3 Å². The number of hydrogen-bond donors (Lipinski definition) is 0. The number of ketones is 2. The number of carbonyl (C=O) groups is 3. The van der Waals surface area contributed by atoms with Crippen LogP contribution in [0, 0.1) is 0 Å². The van der Waals surface area contributed by atoms with E-state index in [1.807, 2.05) is 0 Å². The van der Waals surface area contributed by atoms with Gasteiger partial charge < -0.3 is 4.74 Å². The van der Waals surface area contributed by atoms with Gasteiger partial charge in [-0.2, -0.15) is 0 Å². The number of hydrogen-bond acceptors (Lipinski definition) is 4. The summed E-state index contributed by atoms with van der Waals surface area (Å²) in [4.78, 5) is 33.9. The lowest BCUT2D eigenvalue weighted by molar-refractivity contribution is -0.153. The summed E-state index contributed by atoms with van der Waals surface area (Å²) in [6.45, 7) is 1.79. The highest BCUT2D eigenvalue weighted by Crippen LogP contribution is 2.05. The van der Waals surface area contributed by atoms with E-state index >= 15 is 0 Å². The van der Waals surface area contributed by atoms with E-state index in [0.717, 1.165) is 0 Å². The van der Waals surface area contributed by atoms with E-state index < -0.39 is 11.8 Å². The summed E-state index contributed by atoms with van der Waals surface area (Å²) in [6, 6.07) is 8.66. The molecule has 0 bridgehead atoms. The Hall–Kier alpha value is -1.97. The third-order valence-electron chi connectivity index (χ3n) is 2.18. The largest absolute Gasteiger partial charge is 0.460 e. The zero-order valence-electron chi connectivity index (χ0n) is 9.64. The maximum Gasteiger partial charge on any atom is 0.374 e. The van der Waals surface area contributed by atoms with Crippen LogP contribution in [0.4, 0.5) is 0 Å². The second-order valence-corrected chi connectivity index (χ2v) is 3.43. The second kappa shape index (κ2) is 6.58. The molecular formula is C13H14O4. The summed E-state index contributed by atoms with van der Waals surface area (Å²) in [7, 11) is 0. The van der Waals surface area contributed by atoms with Crippen molar-refractivity contribution < 1.29 is 19.1 Å². The van der Waals surface area contributed by atoms with E-state index in [1.165, 1.54) is 0 Å². The zero-order valence-corrected chi connectivity index (χ0v) is 9.64. The Morgan fingerprint density at radius 3 is 2.29 bits per heavy atom. The van der Waals surface area contributed by atoms with E-state index in [9.17, 15) is 14.4 Å². The molecule has 90 valence electrons. The number of ether oxygens (including phenoxy) is 1. The molecule has 0 amide bonds. The number of carbonyl (C=O) groups excluding carboxylic acids is 3. The van der Waals surface area contributed by atoms with Gasteiger partial charge in [0, 0.05) is 18.4 Å². The summed E-state index contributed by atoms with van der Waals surface area (Å²) in [5.74, 6) is -1.67. The standard InChI is InChI=1S/C13H14O4/c1-2-17-13(16)12(15)9-8-11(14)10-6-4-3-5-7-10/h3-7H,2,8-9H2,1H3. The van der Waals surface area contributed by atoms with Crippen LogP contribution < -0.4 is 0 Å². The first-order chi connectivity index (χ1) is 8.15. The Labute approximate surface area is 99.6 Å². The SMILES string of the molecule is CCOC(=O)C(=O)CCC(=O)c1ccccc1. The van der Waals surface area contributed by atoms with Gasteiger partial charge in [0.1, 0.15) is 0 Å². The lowest BCUT2D eigenvalue weighted by Crippen LogP contribution is -2.18. The summed E-state index contributed by atoms with van der Waals surface area (Å²) in [5.41, 5.74) is 0.546. The summed E-state index contributed by atoms with van der Waals surface area (Å²) in [5, 5.41) is 0. The van der Waals surface area contributed by atoms with Crippen LogP contribution in [0.15, 0.2) is 30.3 Å². The quantitative estimate of drug-likeness (QED) is 0.427. The molecule has 0 atom stereocenters. The average molecular weight is 234 g/mol. The molecule has 0 saturated heterocycles. The Morgan fingerprint density at radius 1 is 1.06 bits per heavy atom. The topological polar surface area (TPSA) is 60.4 Å². The summed E-state index contributed by atoms with van der Waals surface area (Å²) < 4.78 is 4.54. The Kier molecular flexibility index (Phi) is 5.07. The molecule has 0 spiro atoms. The minimum atomic E-state index is -0.867. The lowest BCUT2D eigenvalue weighted by Gasteiger charge is -2.01. The molecule has 0 aliphatic carbocycles. The molecular weight excluding hydrogens is 220 g/mol. The molecule has 0 radical (unpaired) electrons. The highest BCUT2D eigenvalue weighted by Gasteiger charge is 2.16. The van der Waals surface area contributed by atoms with Crippen molar-refractivity contribution in [1.29, 1.82) is 0 Å². The molecule has 0 unspecified atom stereocenters. The second-order valence-electron chi connectivity index (χ2n) is 3.43. The van der Waals surface area contributed by atoms with Crippen molar-refractivity contribution >= 4 is 17.5 Å². The van der Waals surface area contributed by atoms with Crippen molar-refractivity contribution in [2.24, 2.45) is 0 Å². The van der Waals surface area contributed by atoms with Gasteiger partial charge in [0.05, 0.1) is 6.61 Å². The first kappa shape index (κ1) is 13.1. The number of Topliss-reactive ketones (excluding diaryl/α,β-unsaturated/α-hetero) is 2. The van der Waals surface area contributed by atoms with Gasteiger partial charge >= 0.3 is 5.97 Å². The zero-order chi connectivity index (χ0) is 12.7. The van der Waals surface area contributed by atoms with Crippen LogP contribution in [0.3, 0.4) is 0 Å². The molecule has 1 aromatic carbocycles. The molecule has 1 rings (SSSR count). The highest BCUT2D eigenvalue weighted by atomic mass is 16.5. The lowest BCUT2D eigenvalue weighted by atomic mass is 10.1. The molecule has 0 heterocycles. The van der Waals surface area contributed by atoms with Crippen molar-refractivity contribution in [2.75, 3.05) is 6.61 Å². The predicted molar refractivity (Wildman–Crippen MR) is 61.6 cm³/mol. The third kappa shape index (κ3) is 4.18. The number of benzene rings is 1. The maximum atomic E-state index is 11.6. The van der Waals surface area contributed by atoms with Crippen LogP contribution in [-0.4, -0.2) is 24.1 Å². The molecule has 0 aliphatic rings. The van der Waals surface area contributed by atoms with Gasteiger partial charge in [0.15, 0.2) is 5.78 Å². The molecule has 17 heavy (non-hydrogen) atoms. The van der Waals surface area contributed by atoms with Crippen molar-refractivity contribution in [3.63, 3.8) is 0 Å². The summed E-state index contributed by atoms with van der Waals surface area (Å²) >= 11 is 0. The summed E-state index contributed by atoms with van der Waals surface area (Å²) in [6.07, 6.45) is -0.0752. The minimum Gasteiger partial charge on any atom is -0.460 e. The highest BCUT2D eigenvalue weighted by molar-refractivity contribution is 6.34. The molecule has 0 aromatic heterocycles. The fourth-order valence-corrected chi connectivity index (χ4v) is 1.31. The van der Waals surface area contributed by atoms with Crippen LogP contribution in [0.2, 0.25) is 0 Å². The Bertz CT molecular complexity index is 409. The van der Waals surface area contributed by atoms with E-state index in [2.05, 4.69) is 4.74 Å². The molecule has 0 saturated carbocycles. The molecule has 4 heteroatoms. The van der Waals surface area contributed by atoms with Crippen molar-refractivity contribution in [3.05, 3.63) is 35.9 Å². The van der Waals surface area contributed by atoms with Crippen LogP contribution in [-0.2, 0) is 14.3 Å². The van der Waals surface area contributed by atoms with Gasteiger partial charge in [-0.3, -0.25) is 9.59 Å². The molecule has 4 nitrogen and oxygen atoms in total. The van der Waals surface area contributed by atoms with Crippen LogP contribution in [0.5, 0.6) is 0 Å². The smallest absolute Gasteiger partial charge is 0.374 e. The molecule has 0 fully saturated rings. The van der Waals surface area contributed by atoms with Gasteiger partial charge in [-0.15, -0.1) is 0 Å². The third-order valence-corrected chi connectivity index (χ3v) is 2.18. The van der Waals surface area contributed by atoms with Crippen LogP contribution >= 0.6 is 0 Å². The predicted octanol–water partition coefficient (Wildman–Crippen LogP) is 1.78. The molecule has 1 aromatic rings. The average Bonchev–Trinajstić information content (AvgIpc) is 2.36. The van der Waals surface area contributed by atoms with Crippen molar-refractivity contribution in [2.45, 2.75) is 19.8 Å². The first-order valence-corrected chi connectivity index (χ1v) is 5.43. The van der Waals surface area contributed by atoms with Crippen LogP contribution in [0.1, 0.15) is 30.1 Å². The Balaban J connectivity index is 2.44. The Morgan fingerprint density at radius 2 is 1.71 bits per heavy atom. The van der Waals surface area contributed by atoms with E-state index in [-0.39, 0.29) is 25.2 Å². The maximum absolute atomic E-state index is 11.6. The fraction of sp³-hybridized carbons (Fsp3) is 0.308. The number of esters is 1. The van der Waals surface area contributed by atoms with Crippen LogP contribution in [0.25, 0.3) is 0 Å². The van der Waals surface area contributed by atoms with E-state index in [0.29, 0.717) is 5.56 Å². The molecule has 0 N–H and O–H groups in total. The van der Waals surface area contributed by atoms with Gasteiger partial charge in [-0.25, -0.2) is 4.79 Å². The normalized spacial score (nSPS) is 9.71. The van der Waals surface area contributed by atoms with E-state index in [4.69, 9.17) is 0 Å². The van der Waals surface area contributed by atoms with Gasteiger partial charge in [-0.05, 0) is 6.92 Å².